The van der Waals surface area contributed by atoms with Gasteiger partial charge in [0.15, 0.2) is 0 Å². The van der Waals surface area contributed by atoms with Crippen molar-refractivity contribution in [1.82, 2.24) is 9.78 Å². The van der Waals surface area contributed by atoms with Crippen LogP contribution in [-0.2, 0) is 6.54 Å². The molecule has 1 heterocycles. The lowest BCUT2D eigenvalue weighted by Gasteiger charge is -2.09. The number of carbonyl (C=O) groups excluding carboxylic acids is 1. The maximum absolute atomic E-state index is 12.2. The first-order valence-electron chi connectivity index (χ1n) is 7.58. The number of benzene rings is 2. The summed E-state index contributed by atoms with van der Waals surface area (Å²) >= 11 is 0. The molecule has 0 aliphatic heterocycles. The van der Waals surface area contributed by atoms with Gasteiger partial charge in [-0.25, -0.2) is 0 Å². The lowest BCUT2D eigenvalue weighted by atomic mass is 10.2. The van der Waals surface area contributed by atoms with E-state index in [1.165, 1.54) is 0 Å². The van der Waals surface area contributed by atoms with Crippen LogP contribution in [0.4, 0.5) is 11.4 Å². The molecule has 0 bridgehead atoms. The van der Waals surface area contributed by atoms with Crippen molar-refractivity contribution in [3.05, 3.63) is 72.6 Å². The zero-order valence-electron chi connectivity index (χ0n) is 13.1. The largest absolute Gasteiger partial charge is 0.492 e. The molecular formula is C18H18N4O2. The van der Waals surface area contributed by atoms with Gasteiger partial charge in [0.25, 0.3) is 5.91 Å². The fourth-order valence-corrected chi connectivity index (χ4v) is 2.20. The van der Waals surface area contributed by atoms with Crippen molar-refractivity contribution in [2.75, 3.05) is 17.7 Å². The van der Waals surface area contributed by atoms with Crippen LogP contribution in [0.3, 0.4) is 0 Å². The van der Waals surface area contributed by atoms with Gasteiger partial charge in [-0.05, 0) is 42.5 Å². The summed E-state index contributed by atoms with van der Waals surface area (Å²) in [6, 6.07) is 16.0. The van der Waals surface area contributed by atoms with Crippen molar-refractivity contribution in [3.8, 4) is 5.75 Å². The summed E-state index contributed by atoms with van der Waals surface area (Å²) < 4.78 is 7.44. The first kappa shape index (κ1) is 15.6. The molecule has 1 aromatic heterocycles. The van der Waals surface area contributed by atoms with Gasteiger partial charge in [0, 0.05) is 18.0 Å². The number of rotatable bonds is 6. The zero-order valence-corrected chi connectivity index (χ0v) is 13.1. The summed E-state index contributed by atoms with van der Waals surface area (Å²) in [6.07, 6.45) is 3.61. The lowest BCUT2D eigenvalue weighted by molar-refractivity contribution is 0.102. The van der Waals surface area contributed by atoms with E-state index in [-0.39, 0.29) is 5.91 Å². The van der Waals surface area contributed by atoms with E-state index in [1.807, 2.05) is 24.4 Å². The van der Waals surface area contributed by atoms with E-state index in [0.29, 0.717) is 35.8 Å². The van der Waals surface area contributed by atoms with Crippen molar-refractivity contribution in [1.29, 1.82) is 0 Å². The average molecular weight is 322 g/mol. The van der Waals surface area contributed by atoms with Crippen molar-refractivity contribution < 1.29 is 9.53 Å². The van der Waals surface area contributed by atoms with Crippen LogP contribution in [0.1, 0.15) is 10.4 Å². The molecule has 6 nitrogen and oxygen atoms in total. The van der Waals surface area contributed by atoms with Crippen LogP contribution >= 0.6 is 0 Å². The fourth-order valence-electron chi connectivity index (χ4n) is 2.20. The van der Waals surface area contributed by atoms with Crippen LogP contribution < -0.4 is 15.8 Å². The molecule has 0 saturated carbocycles. The molecule has 0 aliphatic rings. The quantitative estimate of drug-likeness (QED) is 0.684. The Morgan fingerprint density at radius 1 is 1.12 bits per heavy atom. The Morgan fingerprint density at radius 2 is 1.92 bits per heavy atom. The molecule has 0 saturated heterocycles. The van der Waals surface area contributed by atoms with E-state index in [9.17, 15) is 4.79 Å². The molecule has 0 aliphatic carbocycles. The van der Waals surface area contributed by atoms with Gasteiger partial charge < -0.3 is 15.8 Å². The maximum Gasteiger partial charge on any atom is 0.255 e. The third-order valence-electron chi connectivity index (χ3n) is 3.47. The highest BCUT2D eigenvalue weighted by Crippen LogP contribution is 2.19. The van der Waals surface area contributed by atoms with Crippen LogP contribution in [0.5, 0.6) is 5.75 Å². The minimum atomic E-state index is -0.212. The topological polar surface area (TPSA) is 82.2 Å². The molecule has 0 spiro atoms. The number of aromatic nitrogens is 2. The molecule has 3 rings (SSSR count). The van der Waals surface area contributed by atoms with Crippen molar-refractivity contribution in [3.63, 3.8) is 0 Å². The zero-order chi connectivity index (χ0) is 16.8. The molecular weight excluding hydrogens is 304 g/mol. The lowest BCUT2D eigenvalue weighted by Crippen LogP contribution is -2.13. The Hall–Kier alpha value is -3.28. The van der Waals surface area contributed by atoms with Gasteiger partial charge in [0.05, 0.1) is 17.9 Å². The average Bonchev–Trinajstić information content (AvgIpc) is 3.11. The Kier molecular flexibility index (Phi) is 4.76. The Balaban J connectivity index is 1.55. The number of nitrogens with two attached hydrogens (primary N) is 1. The highest BCUT2D eigenvalue weighted by atomic mass is 16.5. The number of anilines is 2. The molecule has 0 radical (unpaired) electrons. The van der Waals surface area contributed by atoms with Crippen molar-refractivity contribution in [2.24, 2.45) is 0 Å². The molecule has 122 valence electrons. The summed E-state index contributed by atoms with van der Waals surface area (Å²) in [5, 5.41) is 6.90. The van der Waals surface area contributed by atoms with Crippen LogP contribution in [0.2, 0.25) is 0 Å². The number of nitrogens with zero attached hydrogens (tertiary/aromatic N) is 2. The van der Waals surface area contributed by atoms with Gasteiger partial charge in [-0.15, -0.1) is 0 Å². The van der Waals surface area contributed by atoms with Gasteiger partial charge in [-0.3, -0.25) is 9.48 Å². The number of para-hydroxylation sites is 2. The highest BCUT2D eigenvalue weighted by Gasteiger charge is 2.08. The number of nitrogens with one attached hydrogen (secondary N) is 1. The van der Waals surface area contributed by atoms with E-state index in [0.717, 1.165) is 0 Å². The second-order valence-corrected chi connectivity index (χ2v) is 5.18. The Labute approximate surface area is 139 Å². The van der Waals surface area contributed by atoms with E-state index in [4.69, 9.17) is 10.5 Å². The molecule has 3 aromatic rings. The van der Waals surface area contributed by atoms with E-state index in [2.05, 4.69) is 10.4 Å². The summed E-state index contributed by atoms with van der Waals surface area (Å²) in [4.78, 5) is 12.2. The third-order valence-corrected chi connectivity index (χ3v) is 3.47. The SMILES string of the molecule is Nc1ccccc1NC(=O)c1ccc(OCCn2cccn2)cc1. The molecule has 0 unspecified atom stereocenters. The first-order chi connectivity index (χ1) is 11.7. The minimum absolute atomic E-state index is 0.212. The van der Waals surface area contributed by atoms with E-state index < -0.39 is 0 Å². The normalized spacial score (nSPS) is 10.3. The fraction of sp³-hybridized carbons (Fsp3) is 0.111. The minimum Gasteiger partial charge on any atom is -0.492 e. The standard InChI is InChI=1S/C18H18N4O2/c19-16-4-1-2-5-17(16)21-18(23)14-6-8-15(9-7-14)24-13-12-22-11-3-10-20-22/h1-11H,12-13,19H2,(H,21,23). The summed E-state index contributed by atoms with van der Waals surface area (Å²) in [7, 11) is 0. The number of nitrogen functional groups attached to an aromatic ring is 1. The van der Waals surface area contributed by atoms with E-state index in [1.54, 1.807) is 47.3 Å². The van der Waals surface area contributed by atoms with E-state index >= 15 is 0 Å². The van der Waals surface area contributed by atoms with Crippen LogP contribution in [0.15, 0.2) is 67.0 Å². The smallest absolute Gasteiger partial charge is 0.255 e. The van der Waals surface area contributed by atoms with Crippen LogP contribution in [0.25, 0.3) is 0 Å². The van der Waals surface area contributed by atoms with Crippen LogP contribution in [0, 0.1) is 0 Å². The number of hydrogen-bond acceptors (Lipinski definition) is 4. The molecule has 1 amide bonds. The van der Waals surface area contributed by atoms with Gasteiger partial charge in [-0.1, -0.05) is 12.1 Å². The molecule has 24 heavy (non-hydrogen) atoms. The molecule has 0 atom stereocenters. The molecule has 6 heteroatoms. The number of ether oxygens (including phenoxy) is 1. The van der Waals surface area contributed by atoms with Crippen molar-refractivity contribution >= 4 is 17.3 Å². The molecule has 0 fully saturated rings. The summed E-state index contributed by atoms with van der Waals surface area (Å²) in [5.74, 6) is 0.494. The van der Waals surface area contributed by atoms with Gasteiger partial charge >= 0.3 is 0 Å². The Morgan fingerprint density at radius 3 is 2.62 bits per heavy atom. The predicted molar refractivity (Wildman–Crippen MR) is 93.0 cm³/mol. The Bertz CT molecular complexity index is 798. The van der Waals surface area contributed by atoms with Crippen molar-refractivity contribution in [2.45, 2.75) is 6.54 Å². The maximum atomic E-state index is 12.2. The first-order valence-corrected chi connectivity index (χ1v) is 7.58. The molecule has 2 aromatic carbocycles. The van der Waals surface area contributed by atoms with Gasteiger partial charge in [0.1, 0.15) is 12.4 Å². The highest BCUT2D eigenvalue weighted by molar-refractivity contribution is 6.05. The number of hydrogen-bond donors (Lipinski definition) is 2. The number of carbonyl (C=O) groups is 1. The molecule has 3 N–H and O–H groups in total. The van der Waals surface area contributed by atoms with Crippen LogP contribution in [-0.4, -0.2) is 22.3 Å². The third kappa shape index (κ3) is 3.92. The van der Waals surface area contributed by atoms with Gasteiger partial charge in [0.2, 0.25) is 0 Å². The predicted octanol–water partition coefficient (Wildman–Crippen LogP) is 2.80. The second kappa shape index (κ2) is 7.32. The summed E-state index contributed by atoms with van der Waals surface area (Å²) in [6.45, 7) is 1.18. The number of amides is 1. The van der Waals surface area contributed by atoms with Gasteiger partial charge in [-0.2, -0.15) is 5.10 Å². The summed E-state index contributed by atoms with van der Waals surface area (Å²) in [5.41, 5.74) is 7.49. The monoisotopic (exact) mass is 322 g/mol. The second-order valence-electron chi connectivity index (χ2n) is 5.18.